The van der Waals surface area contributed by atoms with E-state index in [1.54, 1.807) is 43.5 Å². The average molecular weight is 805 g/mol. The Hall–Kier alpha value is -4.75. The lowest BCUT2D eigenvalue weighted by atomic mass is 9.77. The zero-order valence-electron chi connectivity index (χ0n) is 31.4. The third-order valence-electron chi connectivity index (χ3n) is 10.7. The normalized spacial score (nSPS) is 19.6. The van der Waals surface area contributed by atoms with Gasteiger partial charge in [-0.1, -0.05) is 47.0 Å². The Balaban J connectivity index is 1.30. The number of carbonyl (C=O) groups excluding carboxylic acids is 3. The first-order valence-electron chi connectivity index (χ1n) is 18.5. The number of carbonyl (C=O) groups is 3. The maximum absolute atomic E-state index is 14.9. The third kappa shape index (κ3) is 8.32. The number of hydrogen-bond acceptors (Lipinski definition) is 10. The highest BCUT2D eigenvalue weighted by Gasteiger charge is 2.44. The van der Waals surface area contributed by atoms with Crippen LogP contribution in [0.2, 0.25) is 0 Å². The summed E-state index contributed by atoms with van der Waals surface area (Å²) in [5, 5.41) is 1.52. The molecule has 2 amide bonds. The average Bonchev–Trinajstić information content (AvgIpc) is 3.50. The first kappa shape index (κ1) is 39.0. The van der Waals surface area contributed by atoms with Gasteiger partial charge in [0.05, 0.1) is 37.8 Å². The number of nitrogens with two attached hydrogens (primary N) is 2. The second-order valence-corrected chi connectivity index (χ2v) is 15.2. The molecular formula is C41H50BrN5O7. The van der Waals surface area contributed by atoms with Crippen LogP contribution < -0.4 is 25.8 Å². The van der Waals surface area contributed by atoms with E-state index in [-0.39, 0.29) is 37.6 Å². The van der Waals surface area contributed by atoms with Crippen LogP contribution in [0.3, 0.4) is 0 Å². The predicted octanol–water partition coefficient (Wildman–Crippen LogP) is 5.86. The van der Waals surface area contributed by atoms with E-state index in [1.165, 1.54) is 5.01 Å². The Morgan fingerprint density at radius 2 is 1.78 bits per heavy atom. The lowest BCUT2D eigenvalue weighted by Crippen LogP contribution is -2.50. The molecule has 6 rings (SSSR count). The summed E-state index contributed by atoms with van der Waals surface area (Å²) in [6, 6.07) is 16.2. The molecule has 12 nitrogen and oxygen atoms in total. The van der Waals surface area contributed by atoms with E-state index < -0.39 is 23.8 Å². The summed E-state index contributed by atoms with van der Waals surface area (Å²) in [4.78, 5) is 46.2. The zero-order valence-corrected chi connectivity index (χ0v) is 33.0. The molecule has 54 heavy (non-hydrogen) atoms. The van der Waals surface area contributed by atoms with Gasteiger partial charge in [0, 0.05) is 59.1 Å². The van der Waals surface area contributed by atoms with Crippen molar-refractivity contribution in [1.29, 1.82) is 0 Å². The summed E-state index contributed by atoms with van der Waals surface area (Å²) in [7, 11) is 3.13. The van der Waals surface area contributed by atoms with Gasteiger partial charge in [-0.3, -0.25) is 14.4 Å². The maximum atomic E-state index is 14.9. The molecule has 3 aromatic carbocycles. The number of hydrogen-bond donors (Lipinski definition) is 2. The molecule has 1 aliphatic carbocycles. The van der Waals surface area contributed by atoms with Crippen molar-refractivity contribution in [2.75, 3.05) is 33.9 Å². The molecule has 0 saturated heterocycles. The second-order valence-electron chi connectivity index (χ2n) is 14.4. The van der Waals surface area contributed by atoms with E-state index in [0.29, 0.717) is 66.4 Å². The topological polar surface area (TPSA) is 150 Å². The van der Waals surface area contributed by atoms with Gasteiger partial charge < -0.3 is 39.5 Å². The number of halogens is 1. The van der Waals surface area contributed by atoms with Gasteiger partial charge in [0.15, 0.2) is 0 Å². The Morgan fingerprint density at radius 1 is 1.02 bits per heavy atom. The molecule has 1 fully saturated rings. The van der Waals surface area contributed by atoms with E-state index in [2.05, 4.69) is 15.9 Å². The third-order valence-corrected chi connectivity index (χ3v) is 11.4. The summed E-state index contributed by atoms with van der Waals surface area (Å²) in [5.41, 5.74) is 10.9. The van der Waals surface area contributed by atoms with Crippen LogP contribution in [0.4, 0.5) is 0 Å². The van der Waals surface area contributed by atoms with E-state index in [9.17, 15) is 14.4 Å². The van der Waals surface area contributed by atoms with Gasteiger partial charge in [0.1, 0.15) is 30.5 Å². The van der Waals surface area contributed by atoms with Gasteiger partial charge in [-0.15, -0.1) is 0 Å². The quantitative estimate of drug-likeness (QED) is 0.122. The van der Waals surface area contributed by atoms with Crippen LogP contribution in [-0.2, 0) is 33.9 Å². The molecule has 3 atom stereocenters. The van der Waals surface area contributed by atoms with Gasteiger partial charge in [-0.2, -0.15) is 0 Å². The van der Waals surface area contributed by atoms with Gasteiger partial charge in [0.2, 0.25) is 5.91 Å². The standard InChI is InChI=1S/C41H50BrN5O7/c1-25(2)47(44)21-28(43)24-53-36-16-15-34(42)33-17-18-46(35(38(33)36)22-45-20-26-9-5-6-10-30(26)39(45)48)40(49)31-11-7-8-12-32(31)41(50)54-23-27-13-14-29(51-3)19-37(27)52-4/h5-6,9-10,13-16,19,21,25,31-32,35H,7-8,11-12,17-18,20,22-24,43-44H2,1-4H3/b28-21-/t31-,32+,35-/m1/s1. The molecule has 0 unspecified atom stereocenters. The van der Waals surface area contributed by atoms with Crippen LogP contribution in [0.25, 0.3) is 0 Å². The molecule has 2 heterocycles. The fourth-order valence-corrected chi connectivity index (χ4v) is 8.26. The fraction of sp³-hybridized carbons (Fsp3) is 0.439. The number of ether oxygens (including phenoxy) is 4. The highest BCUT2D eigenvalue weighted by Crippen LogP contribution is 2.44. The summed E-state index contributed by atoms with van der Waals surface area (Å²) in [6.45, 7) is 5.07. The van der Waals surface area contributed by atoms with Gasteiger partial charge in [0.25, 0.3) is 5.91 Å². The molecule has 0 bridgehead atoms. The Labute approximate surface area is 325 Å². The van der Waals surface area contributed by atoms with E-state index in [4.69, 9.17) is 30.5 Å². The summed E-state index contributed by atoms with van der Waals surface area (Å²) >= 11 is 3.76. The number of methoxy groups -OCH3 is 2. The lowest BCUT2D eigenvalue weighted by Gasteiger charge is -2.43. The summed E-state index contributed by atoms with van der Waals surface area (Å²) in [6.07, 6.45) is 4.95. The molecule has 4 N–H and O–H groups in total. The predicted molar refractivity (Wildman–Crippen MR) is 207 cm³/mol. The van der Waals surface area contributed by atoms with Gasteiger partial charge in [-0.05, 0) is 74.6 Å². The number of hydrazine groups is 1. The van der Waals surface area contributed by atoms with Crippen molar-refractivity contribution in [3.8, 4) is 17.2 Å². The van der Waals surface area contributed by atoms with Crippen molar-refractivity contribution in [2.24, 2.45) is 23.4 Å². The highest BCUT2D eigenvalue weighted by molar-refractivity contribution is 9.10. The van der Waals surface area contributed by atoms with Crippen LogP contribution in [0.5, 0.6) is 17.2 Å². The SMILES string of the molecule is COc1ccc(COC(=O)[C@H]2CCCC[C@H]2C(=O)N2CCc3c(Br)ccc(OC/C(N)=C/N(N)C(C)C)c3[C@H]2CN2Cc3ccccc3C2=O)c(OC)c1. The summed E-state index contributed by atoms with van der Waals surface area (Å²) in [5.74, 6) is 6.03. The first-order valence-corrected chi connectivity index (χ1v) is 19.3. The van der Waals surface area contributed by atoms with Crippen molar-refractivity contribution >= 4 is 33.7 Å². The van der Waals surface area contributed by atoms with Crippen molar-refractivity contribution < 1.29 is 33.3 Å². The van der Waals surface area contributed by atoms with Crippen molar-refractivity contribution in [1.82, 2.24) is 14.8 Å². The monoisotopic (exact) mass is 803 g/mol. The van der Waals surface area contributed by atoms with Crippen LogP contribution in [0.1, 0.15) is 78.2 Å². The number of rotatable bonds is 13. The Kier molecular flexibility index (Phi) is 12.4. The molecule has 288 valence electrons. The van der Waals surface area contributed by atoms with Crippen molar-refractivity contribution in [2.45, 2.75) is 71.2 Å². The minimum atomic E-state index is -0.612. The summed E-state index contributed by atoms with van der Waals surface area (Å²) < 4.78 is 24.0. The number of nitrogens with zero attached hydrogens (tertiary/aromatic N) is 3. The molecule has 0 spiro atoms. The van der Waals surface area contributed by atoms with Gasteiger partial charge >= 0.3 is 5.97 Å². The highest BCUT2D eigenvalue weighted by atomic mass is 79.9. The number of amides is 2. The molecule has 1 saturated carbocycles. The van der Waals surface area contributed by atoms with Gasteiger partial charge in [-0.25, -0.2) is 5.84 Å². The number of benzene rings is 3. The zero-order chi connectivity index (χ0) is 38.5. The number of fused-ring (bicyclic) bond motifs is 2. The van der Waals surface area contributed by atoms with E-state index in [0.717, 1.165) is 34.0 Å². The van der Waals surface area contributed by atoms with Crippen LogP contribution in [-0.4, -0.2) is 72.6 Å². The molecule has 2 aliphatic heterocycles. The molecule has 13 heteroatoms. The molecule has 0 aromatic heterocycles. The Morgan fingerprint density at radius 3 is 2.50 bits per heavy atom. The van der Waals surface area contributed by atoms with E-state index >= 15 is 0 Å². The minimum Gasteiger partial charge on any atom is -0.497 e. The minimum absolute atomic E-state index is 0.00610. The smallest absolute Gasteiger partial charge is 0.310 e. The Bertz CT molecular complexity index is 1900. The molecule has 3 aliphatic rings. The van der Waals surface area contributed by atoms with Crippen molar-refractivity contribution in [3.05, 3.63) is 98.8 Å². The molecular weight excluding hydrogens is 754 g/mol. The first-order chi connectivity index (χ1) is 26.0. The van der Waals surface area contributed by atoms with Crippen LogP contribution >= 0.6 is 15.9 Å². The van der Waals surface area contributed by atoms with Crippen molar-refractivity contribution in [3.63, 3.8) is 0 Å². The van der Waals surface area contributed by atoms with Crippen LogP contribution in [0.15, 0.2) is 71.0 Å². The molecule has 0 radical (unpaired) electrons. The lowest BCUT2D eigenvalue weighted by molar-refractivity contribution is -0.159. The van der Waals surface area contributed by atoms with Crippen LogP contribution in [0, 0.1) is 11.8 Å². The van der Waals surface area contributed by atoms with E-state index in [1.807, 2.05) is 55.1 Å². The largest absolute Gasteiger partial charge is 0.497 e. The maximum Gasteiger partial charge on any atom is 0.310 e. The fourth-order valence-electron chi connectivity index (χ4n) is 7.72. The second kappa shape index (κ2) is 17.2. The molecule has 3 aromatic rings. The number of esters is 1.